The first kappa shape index (κ1) is 19.7. The van der Waals surface area contributed by atoms with Gasteiger partial charge >= 0.3 is 6.18 Å². The minimum Gasteiger partial charge on any atom is -0.310 e. The van der Waals surface area contributed by atoms with Crippen molar-refractivity contribution >= 4 is 17.1 Å². The number of para-hydroxylation sites is 2. The van der Waals surface area contributed by atoms with Gasteiger partial charge in [-0.2, -0.15) is 13.2 Å². The van der Waals surface area contributed by atoms with Gasteiger partial charge in [-0.3, -0.25) is 4.98 Å². The number of halogens is 3. The van der Waals surface area contributed by atoms with Crippen LogP contribution in [0.25, 0.3) is 11.3 Å². The van der Waals surface area contributed by atoms with Gasteiger partial charge in [-0.15, -0.1) is 0 Å². The van der Waals surface area contributed by atoms with E-state index in [4.69, 9.17) is 0 Å². The number of alkyl halides is 3. The number of hydrogen-bond acceptors (Lipinski definition) is 2. The molecule has 30 heavy (non-hydrogen) atoms. The smallest absolute Gasteiger partial charge is 0.310 e. The first-order chi connectivity index (χ1) is 14.4. The van der Waals surface area contributed by atoms with Gasteiger partial charge in [0, 0.05) is 28.8 Å². The zero-order valence-corrected chi connectivity index (χ0v) is 16.3. The summed E-state index contributed by atoms with van der Waals surface area (Å²) in [5, 5.41) is 0. The van der Waals surface area contributed by atoms with Crippen LogP contribution < -0.4 is 4.90 Å². The largest absolute Gasteiger partial charge is 0.416 e. The third-order valence-corrected chi connectivity index (χ3v) is 4.73. The second-order valence-corrected chi connectivity index (χ2v) is 6.99. The predicted molar refractivity (Wildman–Crippen MR) is 114 cm³/mol. The summed E-state index contributed by atoms with van der Waals surface area (Å²) in [6.45, 7) is 1.66. The van der Waals surface area contributed by atoms with Crippen LogP contribution >= 0.6 is 0 Å². The number of pyridine rings is 1. The summed E-state index contributed by atoms with van der Waals surface area (Å²) in [4.78, 5) is 6.40. The molecule has 0 fully saturated rings. The molecule has 1 aromatic heterocycles. The summed E-state index contributed by atoms with van der Waals surface area (Å²) in [5.74, 6) is 0. The molecule has 4 rings (SSSR count). The number of nitrogens with zero attached hydrogens (tertiary/aromatic N) is 2. The van der Waals surface area contributed by atoms with E-state index in [1.54, 1.807) is 19.2 Å². The van der Waals surface area contributed by atoms with E-state index in [1.165, 1.54) is 0 Å². The van der Waals surface area contributed by atoms with Crippen LogP contribution in [0, 0.1) is 6.92 Å². The summed E-state index contributed by atoms with van der Waals surface area (Å²) >= 11 is 0. The van der Waals surface area contributed by atoms with Gasteiger partial charge in [0.25, 0.3) is 0 Å². The molecule has 0 saturated heterocycles. The van der Waals surface area contributed by atoms with Gasteiger partial charge in [-0.25, -0.2) is 0 Å². The van der Waals surface area contributed by atoms with Crippen molar-refractivity contribution in [1.82, 2.24) is 4.98 Å². The SMILES string of the molecule is Cc1cc(-c2cc(N(c3ccccc3)c3ccccc3)ccn2)cc(C(F)(F)F)c1. The summed E-state index contributed by atoms with van der Waals surface area (Å²) < 4.78 is 39.9. The number of hydrogen-bond donors (Lipinski definition) is 0. The number of aromatic nitrogens is 1. The van der Waals surface area contributed by atoms with Crippen molar-refractivity contribution in [3.63, 3.8) is 0 Å². The minimum absolute atomic E-state index is 0.435. The van der Waals surface area contributed by atoms with E-state index in [2.05, 4.69) is 4.98 Å². The molecule has 0 radical (unpaired) electrons. The molecule has 0 atom stereocenters. The lowest BCUT2D eigenvalue weighted by Crippen LogP contribution is -2.10. The Morgan fingerprint density at radius 2 is 1.30 bits per heavy atom. The fourth-order valence-corrected chi connectivity index (χ4v) is 3.41. The van der Waals surface area contributed by atoms with E-state index in [9.17, 15) is 13.2 Å². The third kappa shape index (κ3) is 4.20. The molecule has 150 valence electrons. The van der Waals surface area contributed by atoms with E-state index >= 15 is 0 Å². The highest BCUT2D eigenvalue weighted by Crippen LogP contribution is 2.37. The Labute approximate surface area is 173 Å². The Morgan fingerprint density at radius 3 is 1.87 bits per heavy atom. The Kier molecular flexibility index (Phi) is 5.27. The summed E-state index contributed by atoms with van der Waals surface area (Å²) in [7, 11) is 0. The van der Waals surface area contributed by atoms with Gasteiger partial charge < -0.3 is 4.90 Å². The van der Waals surface area contributed by atoms with E-state index in [0.717, 1.165) is 29.2 Å². The lowest BCUT2D eigenvalue weighted by Gasteiger charge is -2.25. The van der Waals surface area contributed by atoms with Crippen LogP contribution in [-0.2, 0) is 6.18 Å². The molecule has 0 bridgehead atoms. The van der Waals surface area contributed by atoms with Gasteiger partial charge in [0.1, 0.15) is 0 Å². The topological polar surface area (TPSA) is 16.1 Å². The van der Waals surface area contributed by atoms with Crippen LogP contribution in [0.2, 0.25) is 0 Å². The number of aryl methyl sites for hydroxylation is 1. The Bertz CT molecular complexity index is 1100. The van der Waals surface area contributed by atoms with Crippen molar-refractivity contribution in [1.29, 1.82) is 0 Å². The van der Waals surface area contributed by atoms with E-state index < -0.39 is 11.7 Å². The third-order valence-electron chi connectivity index (χ3n) is 4.73. The lowest BCUT2D eigenvalue weighted by molar-refractivity contribution is -0.137. The first-order valence-corrected chi connectivity index (χ1v) is 9.47. The molecule has 0 aliphatic heterocycles. The molecule has 0 N–H and O–H groups in total. The second kappa shape index (κ2) is 8.03. The molecule has 0 aliphatic carbocycles. The van der Waals surface area contributed by atoms with Crippen LogP contribution in [0.15, 0.2) is 97.2 Å². The molecule has 0 amide bonds. The van der Waals surface area contributed by atoms with E-state index in [0.29, 0.717) is 16.8 Å². The maximum absolute atomic E-state index is 13.3. The summed E-state index contributed by atoms with van der Waals surface area (Å²) in [5.41, 5.74) is 3.49. The van der Waals surface area contributed by atoms with Gasteiger partial charge in [-0.05, 0) is 67.1 Å². The standard InChI is InChI=1S/C25H19F3N2/c1-18-14-19(16-20(15-18)25(26,27)28)24-17-23(12-13-29-24)30(21-8-4-2-5-9-21)22-10-6-3-7-11-22/h2-17H,1H3. The Hall–Kier alpha value is -3.60. The van der Waals surface area contributed by atoms with Crippen LogP contribution in [0.4, 0.5) is 30.2 Å². The summed E-state index contributed by atoms with van der Waals surface area (Å²) in [6.07, 6.45) is -2.78. The summed E-state index contributed by atoms with van der Waals surface area (Å²) in [6, 6.07) is 27.3. The monoisotopic (exact) mass is 404 g/mol. The second-order valence-electron chi connectivity index (χ2n) is 6.99. The quantitative estimate of drug-likeness (QED) is 0.349. The highest BCUT2D eigenvalue weighted by Gasteiger charge is 2.31. The zero-order valence-electron chi connectivity index (χ0n) is 16.3. The van der Waals surface area contributed by atoms with Crippen LogP contribution in [0.5, 0.6) is 0 Å². The molecular formula is C25H19F3N2. The first-order valence-electron chi connectivity index (χ1n) is 9.47. The number of anilines is 3. The van der Waals surface area contributed by atoms with Crippen molar-refractivity contribution in [2.24, 2.45) is 0 Å². The maximum Gasteiger partial charge on any atom is 0.416 e. The molecular weight excluding hydrogens is 385 g/mol. The van der Waals surface area contributed by atoms with Crippen molar-refractivity contribution in [2.45, 2.75) is 13.1 Å². The molecule has 0 saturated carbocycles. The average molecular weight is 404 g/mol. The van der Waals surface area contributed by atoms with Gasteiger partial charge in [0.15, 0.2) is 0 Å². The van der Waals surface area contributed by atoms with Gasteiger partial charge in [0.05, 0.1) is 11.3 Å². The lowest BCUT2D eigenvalue weighted by atomic mass is 10.0. The van der Waals surface area contributed by atoms with E-state index in [-0.39, 0.29) is 0 Å². The maximum atomic E-state index is 13.3. The van der Waals surface area contributed by atoms with Crippen LogP contribution in [0.1, 0.15) is 11.1 Å². The molecule has 0 aliphatic rings. The fraction of sp³-hybridized carbons (Fsp3) is 0.0800. The van der Waals surface area contributed by atoms with Crippen LogP contribution in [0.3, 0.4) is 0 Å². The van der Waals surface area contributed by atoms with E-state index in [1.807, 2.05) is 77.7 Å². The Morgan fingerprint density at radius 1 is 0.700 bits per heavy atom. The number of benzene rings is 3. The van der Waals surface area contributed by atoms with Crippen molar-refractivity contribution < 1.29 is 13.2 Å². The van der Waals surface area contributed by atoms with Crippen molar-refractivity contribution in [3.8, 4) is 11.3 Å². The molecule has 3 aromatic carbocycles. The van der Waals surface area contributed by atoms with Crippen molar-refractivity contribution in [2.75, 3.05) is 4.90 Å². The molecule has 5 heteroatoms. The highest BCUT2D eigenvalue weighted by molar-refractivity contribution is 5.78. The minimum atomic E-state index is -4.40. The van der Waals surface area contributed by atoms with Crippen LogP contribution in [-0.4, -0.2) is 4.98 Å². The van der Waals surface area contributed by atoms with Gasteiger partial charge in [-0.1, -0.05) is 36.4 Å². The molecule has 0 spiro atoms. The van der Waals surface area contributed by atoms with Crippen molar-refractivity contribution in [3.05, 3.63) is 108 Å². The molecule has 0 unspecified atom stereocenters. The predicted octanol–water partition coefficient (Wildman–Crippen LogP) is 7.55. The normalized spacial score (nSPS) is 11.3. The zero-order chi connectivity index (χ0) is 21.1. The highest BCUT2D eigenvalue weighted by atomic mass is 19.4. The van der Waals surface area contributed by atoms with Gasteiger partial charge in [0.2, 0.25) is 0 Å². The Balaban J connectivity index is 1.83. The molecule has 1 heterocycles. The fourth-order valence-electron chi connectivity index (χ4n) is 3.41. The molecule has 2 nitrogen and oxygen atoms in total. The number of rotatable bonds is 4. The molecule has 4 aromatic rings. The average Bonchev–Trinajstić information content (AvgIpc) is 2.75.